The number of esters is 1. The van der Waals surface area contributed by atoms with Crippen LogP contribution in [0.1, 0.15) is 38.2 Å². The molecule has 3 nitrogen and oxygen atoms in total. The van der Waals surface area contributed by atoms with E-state index in [1.165, 1.54) is 7.11 Å². The van der Waals surface area contributed by atoms with Gasteiger partial charge in [0.25, 0.3) is 0 Å². The van der Waals surface area contributed by atoms with Gasteiger partial charge in [-0.15, -0.1) is 0 Å². The molecule has 18 heavy (non-hydrogen) atoms. The molecular formula is C15H20O3. The van der Waals surface area contributed by atoms with Crippen molar-refractivity contribution < 1.29 is 14.3 Å². The van der Waals surface area contributed by atoms with E-state index in [4.69, 9.17) is 9.47 Å². The van der Waals surface area contributed by atoms with Crippen LogP contribution < -0.4 is 4.74 Å². The van der Waals surface area contributed by atoms with Crippen LogP contribution in [0, 0.1) is 5.92 Å². The predicted octanol–water partition coefficient (Wildman–Crippen LogP) is 3.14. The molecule has 98 valence electrons. The molecule has 3 heteroatoms. The van der Waals surface area contributed by atoms with Crippen LogP contribution in [-0.2, 0) is 9.53 Å². The molecule has 2 rings (SSSR count). The molecular weight excluding hydrogens is 228 g/mol. The van der Waals surface area contributed by atoms with Gasteiger partial charge in [0.1, 0.15) is 5.75 Å². The SMILES string of the molecule is COC(=O)C(Oc1ccccc1C(C)C)C1CC1. The first-order valence-corrected chi connectivity index (χ1v) is 6.47. The van der Waals surface area contributed by atoms with Crippen molar-refractivity contribution in [3.63, 3.8) is 0 Å². The van der Waals surface area contributed by atoms with E-state index in [9.17, 15) is 4.79 Å². The summed E-state index contributed by atoms with van der Waals surface area (Å²) in [6.07, 6.45) is 1.64. The van der Waals surface area contributed by atoms with Gasteiger partial charge in [-0.3, -0.25) is 0 Å². The number of carbonyl (C=O) groups excluding carboxylic acids is 1. The Morgan fingerprint density at radius 2 is 1.94 bits per heavy atom. The highest BCUT2D eigenvalue weighted by Gasteiger charge is 2.39. The van der Waals surface area contributed by atoms with E-state index in [2.05, 4.69) is 13.8 Å². The topological polar surface area (TPSA) is 35.5 Å². The van der Waals surface area contributed by atoms with E-state index in [0.29, 0.717) is 11.8 Å². The van der Waals surface area contributed by atoms with E-state index in [0.717, 1.165) is 24.2 Å². The first-order chi connectivity index (χ1) is 8.63. The second-order valence-corrected chi connectivity index (χ2v) is 5.09. The van der Waals surface area contributed by atoms with E-state index >= 15 is 0 Å². The Labute approximate surface area is 108 Å². The number of benzene rings is 1. The summed E-state index contributed by atoms with van der Waals surface area (Å²) in [6, 6.07) is 7.89. The number of hydrogen-bond acceptors (Lipinski definition) is 3. The summed E-state index contributed by atoms with van der Waals surface area (Å²) in [5, 5.41) is 0. The highest BCUT2D eigenvalue weighted by Crippen LogP contribution is 2.37. The van der Waals surface area contributed by atoms with Crippen molar-refractivity contribution in [2.75, 3.05) is 7.11 Å². The zero-order chi connectivity index (χ0) is 13.1. The number of rotatable bonds is 5. The van der Waals surface area contributed by atoms with Gasteiger partial charge in [0.15, 0.2) is 6.10 Å². The van der Waals surface area contributed by atoms with E-state index in [1.54, 1.807) is 0 Å². The quantitative estimate of drug-likeness (QED) is 0.751. The van der Waals surface area contributed by atoms with Crippen LogP contribution in [-0.4, -0.2) is 19.2 Å². The lowest BCUT2D eigenvalue weighted by Crippen LogP contribution is -2.31. The van der Waals surface area contributed by atoms with Gasteiger partial charge >= 0.3 is 5.97 Å². The zero-order valence-electron chi connectivity index (χ0n) is 11.2. The summed E-state index contributed by atoms with van der Waals surface area (Å²) in [5.74, 6) is 1.22. The standard InChI is InChI=1S/C15H20O3/c1-10(2)12-6-4-5-7-13(12)18-14(11-8-9-11)15(16)17-3/h4-7,10-11,14H,8-9H2,1-3H3. The summed E-state index contributed by atoms with van der Waals surface area (Å²) < 4.78 is 10.7. The first kappa shape index (κ1) is 12.9. The summed E-state index contributed by atoms with van der Waals surface area (Å²) in [5.41, 5.74) is 1.13. The minimum atomic E-state index is -0.449. The molecule has 1 fully saturated rings. The molecule has 0 saturated heterocycles. The third-order valence-corrected chi connectivity index (χ3v) is 3.28. The van der Waals surface area contributed by atoms with Gasteiger partial charge in [0, 0.05) is 5.92 Å². The van der Waals surface area contributed by atoms with E-state index < -0.39 is 6.10 Å². The number of hydrogen-bond donors (Lipinski definition) is 0. The number of carbonyl (C=O) groups is 1. The van der Waals surface area contributed by atoms with Gasteiger partial charge in [0.2, 0.25) is 0 Å². The molecule has 0 bridgehead atoms. The minimum Gasteiger partial charge on any atom is -0.478 e. The largest absolute Gasteiger partial charge is 0.478 e. The van der Waals surface area contributed by atoms with Gasteiger partial charge in [-0.05, 0) is 30.4 Å². The Morgan fingerprint density at radius 1 is 1.28 bits per heavy atom. The fraction of sp³-hybridized carbons (Fsp3) is 0.533. The van der Waals surface area contributed by atoms with Crippen molar-refractivity contribution in [2.24, 2.45) is 5.92 Å². The average Bonchev–Trinajstić information content (AvgIpc) is 3.19. The lowest BCUT2D eigenvalue weighted by atomic mass is 10.0. The molecule has 0 spiro atoms. The maximum Gasteiger partial charge on any atom is 0.347 e. The fourth-order valence-corrected chi connectivity index (χ4v) is 2.05. The van der Waals surface area contributed by atoms with Crippen LogP contribution in [0.5, 0.6) is 5.75 Å². The lowest BCUT2D eigenvalue weighted by Gasteiger charge is -2.20. The first-order valence-electron chi connectivity index (χ1n) is 6.47. The monoisotopic (exact) mass is 248 g/mol. The minimum absolute atomic E-state index is 0.268. The van der Waals surface area contributed by atoms with E-state index in [1.807, 2.05) is 24.3 Å². The Bertz CT molecular complexity index is 422. The summed E-state index contributed by atoms with van der Waals surface area (Å²) in [4.78, 5) is 11.7. The summed E-state index contributed by atoms with van der Waals surface area (Å²) >= 11 is 0. The van der Waals surface area contributed by atoms with Crippen LogP contribution in [0.2, 0.25) is 0 Å². The number of methoxy groups -OCH3 is 1. The molecule has 1 atom stereocenters. The van der Waals surface area contributed by atoms with Crippen LogP contribution in [0.15, 0.2) is 24.3 Å². The maximum atomic E-state index is 11.7. The second kappa shape index (κ2) is 5.42. The lowest BCUT2D eigenvalue weighted by molar-refractivity contribution is -0.149. The van der Waals surface area contributed by atoms with Crippen molar-refractivity contribution in [3.8, 4) is 5.75 Å². The normalized spacial score (nSPS) is 16.4. The molecule has 0 heterocycles. The summed E-state index contributed by atoms with van der Waals surface area (Å²) in [7, 11) is 1.41. The van der Waals surface area contributed by atoms with Gasteiger partial charge in [-0.25, -0.2) is 4.79 Å². The highest BCUT2D eigenvalue weighted by molar-refractivity contribution is 5.76. The second-order valence-electron chi connectivity index (χ2n) is 5.09. The zero-order valence-corrected chi connectivity index (χ0v) is 11.2. The molecule has 1 aliphatic rings. The van der Waals surface area contributed by atoms with Crippen molar-refractivity contribution in [2.45, 2.75) is 38.7 Å². The third-order valence-electron chi connectivity index (χ3n) is 3.28. The van der Waals surface area contributed by atoms with Crippen LogP contribution in [0.4, 0.5) is 0 Å². The van der Waals surface area contributed by atoms with Gasteiger partial charge in [-0.2, -0.15) is 0 Å². The Kier molecular flexibility index (Phi) is 3.90. The van der Waals surface area contributed by atoms with Crippen LogP contribution in [0.3, 0.4) is 0 Å². The molecule has 1 saturated carbocycles. The molecule has 0 aromatic heterocycles. The van der Waals surface area contributed by atoms with Crippen molar-refractivity contribution in [3.05, 3.63) is 29.8 Å². The Hall–Kier alpha value is -1.51. The fourth-order valence-electron chi connectivity index (χ4n) is 2.05. The molecule has 0 amide bonds. The van der Waals surface area contributed by atoms with E-state index in [-0.39, 0.29) is 5.97 Å². The smallest absolute Gasteiger partial charge is 0.347 e. The number of para-hydroxylation sites is 1. The molecule has 0 aliphatic heterocycles. The molecule has 1 aliphatic carbocycles. The Morgan fingerprint density at radius 3 is 2.50 bits per heavy atom. The third kappa shape index (κ3) is 2.84. The Balaban J connectivity index is 2.18. The van der Waals surface area contributed by atoms with Gasteiger partial charge < -0.3 is 9.47 Å². The molecule has 1 aromatic rings. The average molecular weight is 248 g/mol. The molecule has 1 aromatic carbocycles. The summed E-state index contributed by atoms with van der Waals surface area (Å²) in [6.45, 7) is 4.24. The van der Waals surface area contributed by atoms with Gasteiger partial charge in [0.05, 0.1) is 7.11 Å². The highest BCUT2D eigenvalue weighted by atomic mass is 16.6. The van der Waals surface area contributed by atoms with Crippen LogP contribution >= 0.6 is 0 Å². The van der Waals surface area contributed by atoms with Crippen molar-refractivity contribution in [1.82, 2.24) is 0 Å². The maximum absolute atomic E-state index is 11.7. The number of ether oxygens (including phenoxy) is 2. The van der Waals surface area contributed by atoms with Crippen molar-refractivity contribution in [1.29, 1.82) is 0 Å². The predicted molar refractivity (Wildman–Crippen MR) is 69.7 cm³/mol. The van der Waals surface area contributed by atoms with Crippen LogP contribution in [0.25, 0.3) is 0 Å². The molecule has 1 unspecified atom stereocenters. The molecule has 0 N–H and O–H groups in total. The van der Waals surface area contributed by atoms with Gasteiger partial charge in [-0.1, -0.05) is 32.0 Å². The molecule has 0 radical (unpaired) electrons. The van der Waals surface area contributed by atoms with Crippen molar-refractivity contribution >= 4 is 5.97 Å².